The Kier molecular flexibility index (Phi) is 7.85. The van der Waals surface area contributed by atoms with Crippen molar-refractivity contribution in [2.45, 2.75) is 51.1 Å². The van der Waals surface area contributed by atoms with Gasteiger partial charge in [0.15, 0.2) is 0 Å². The molecule has 2 aliphatic rings. The first kappa shape index (κ1) is 22.3. The molecule has 1 saturated carbocycles. The Morgan fingerprint density at radius 3 is 2.33 bits per heavy atom. The Hall–Kier alpha value is -2.41. The number of likely N-dealkylation sites (tertiary alicyclic amines) is 1. The van der Waals surface area contributed by atoms with Gasteiger partial charge >= 0.3 is 11.9 Å². The predicted octanol–water partition coefficient (Wildman–Crippen LogP) is 2.53. The summed E-state index contributed by atoms with van der Waals surface area (Å²) in [5.74, 6) is 0.339. The molecule has 0 bridgehead atoms. The summed E-state index contributed by atoms with van der Waals surface area (Å²) in [5, 5.41) is 2.91. The molecule has 1 heterocycles. The van der Waals surface area contributed by atoms with Gasteiger partial charge in [0.25, 0.3) is 0 Å². The van der Waals surface area contributed by atoms with Gasteiger partial charge < -0.3 is 14.8 Å². The Bertz CT molecular complexity index is 742. The van der Waals surface area contributed by atoms with Crippen LogP contribution in [0.3, 0.4) is 0 Å². The van der Waals surface area contributed by atoms with Crippen molar-refractivity contribution >= 4 is 17.8 Å². The number of nitrogens with zero attached hydrogens (tertiary/aromatic N) is 1. The molecule has 164 valence electrons. The van der Waals surface area contributed by atoms with Crippen molar-refractivity contribution < 1.29 is 23.9 Å². The summed E-state index contributed by atoms with van der Waals surface area (Å²) in [6, 6.07) is 6.59. The van der Waals surface area contributed by atoms with E-state index in [4.69, 9.17) is 4.74 Å². The van der Waals surface area contributed by atoms with Gasteiger partial charge in [-0.05, 0) is 36.0 Å². The van der Waals surface area contributed by atoms with Crippen LogP contribution in [0.1, 0.15) is 54.4 Å². The first-order chi connectivity index (χ1) is 14.5. The molecule has 2 fully saturated rings. The third-order valence-electron chi connectivity index (χ3n) is 6.44. The van der Waals surface area contributed by atoms with E-state index >= 15 is 0 Å². The number of carbonyl (C=O) groups excluding carboxylic acids is 3. The van der Waals surface area contributed by atoms with Gasteiger partial charge in [0.05, 0.1) is 26.3 Å². The van der Waals surface area contributed by atoms with Gasteiger partial charge in [0.1, 0.15) is 6.04 Å². The molecule has 1 saturated heterocycles. The molecule has 7 nitrogen and oxygen atoms in total. The van der Waals surface area contributed by atoms with E-state index in [0.29, 0.717) is 23.9 Å². The highest BCUT2D eigenvalue weighted by Crippen LogP contribution is 2.37. The monoisotopic (exact) mass is 416 g/mol. The minimum absolute atomic E-state index is 0.120. The molecule has 1 aliphatic carbocycles. The second-order valence-electron chi connectivity index (χ2n) is 8.33. The number of rotatable bonds is 7. The fourth-order valence-corrected chi connectivity index (χ4v) is 4.76. The molecular formula is C23H32N2O5. The zero-order valence-corrected chi connectivity index (χ0v) is 17.9. The van der Waals surface area contributed by atoms with Gasteiger partial charge in [-0.2, -0.15) is 0 Å². The van der Waals surface area contributed by atoms with Crippen molar-refractivity contribution in [2.75, 3.05) is 27.3 Å². The number of nitrogens with one attached hydrogen (secondary N) is 1. The van der Waals surface area contributed by atoms with E-state index < -0.39 is 0 Å². The van der Waals surface area contributed by atoms with Crippen LogP contribution >= 0.6 is 0 Å². The molecule has 1 aromatic carbocycles. The lowest BCUT2D eigenvalue weighted by Crippen LogP contribution is -2.43. The number of hydrogen-bond acceptors (Lipinski definition) is 6. The van der Waals surface area contributed by atoms with Crippen molar-refractivity contribution in [2.24, 2.45) is 11.8 Å². The highest BCUT2D eigenvalue weighted by molar-refractivity contribution is 5.89. The normalized spacial score (nSPS) is 22.5. The molecule has 1 amide bonds. The Morgan fingerprint density at radius 1 is 1.00 bits per heavy atom. The summed E-state index contributed by atoms with van der Waals surface area (Å²) in [6.07, 6.45) is 7.05. The van der Waals surface area contributed by atoms with Crippen LogP contribution in [0.15, 0.2) is 24.3 Å². The number of amides is 1. The SMILES string of the molecule is COC(=O)c1ccc(CNC(=O)CN2C[C@H](C3CCCCC3)C[C@H]2C(=O)OC)cc1. The zero-order valence-electron chi connectivity index (χ0n) is 17.9. The Labute approximate surface area is 178 Å². The number of ether oxygens (including phenoxy) is 2. The standard InChI is InChI=1S/C23H32N2O5/c1-29-22(27)18-10-8-16(9-11-18)13-24-21(26)15-25-14-19(12-20(25)23(28)30-2)17-6-4-3-5-7-17/h8-11,17,19-20H,3-7,12-15H2,1-2H3,(H,24,26)/t19-,20+/m1/s1. The molecule has 1 aromatic rings. The van der Waals surface area contributed by atoms with Crippen LogP contribution < -0.4 is 5.32 Å². The Morgan fingerprint density at radius 2 is 1.70 bits per heavy atom. The lowest BCUT2D eigenvalue weighted by Gasteiger charge is -2.27. The largest absolute Gasteiger partial charge is 0.468 e. The minimum Gasteiger partial charge on any atom is -0.468 e. The average Bonchev–Trinajstić information content (AvgIpc) is 3.21. The van der Waals surface area contributed by atoms with E-state index in [0.717, 1.165) is 18.5 Å². The molecular weight excluding hydrogens is 384 g/mol. The van der Waals surface area contributed by atoms with Crippen molar-refractivity contribution in [1.29, 1.82) is 0 Å². The Balaban J connectivity index is 1.54. The molecule has 7 heteroatoms. The van der Waals surface area contributed by atoms with Gasteiger partial charge in [0.2, 0.25) is 5.91 Å². The first-order valence-electron chi connectivity index (χ1n) is 10.8. The molecule has 1 N–H and O–H groups in total. The number of methoxy groups -OCH3 is 2. The minimum atomic E-state index is -0.388. The maximum absolute atomic E-state index is 12.6. The van der Waals surface area contributed by atoms with Crippen molar-refractivity contribution in [3.05, 3.63) is 35.4 Å². The molecule has 0 unspecified atom stereocenters. The number of carbonyl (C=O) groups is 3. The first-order valence-corrected chi connectivity index (χ1v) is 10.8. The summed E-state index contributed by atoms with van der Waals surface area (Å²) >= 11 is 0. The maximum atomic E-state index is 12.6. The third kappa shape index (κ3) is 5.59. The van der Waals surface area contributed by atoms with Gasteiger partial charge in [-0.15, -0.1) is 0 Å². The lowest BCUT2D eigenvalue weighted by molar-refractivity contribution is -0.146. The van der Waals surface area contributed by atoms with E-state index in [1.165, 1.54) is 46.3 Å². The molecule has 2 atom stereocenters. The lowest BCUT2D eigenvalue weighted by atomic mass is 9.79. The number of esters is 2. The number of hydrogen-bond donors (Lipinski definition) is 1. The second kappa shape index (κ2) is 10.6. The third-order valence-corrected chi connectivity index (χ3v) is 6.44. The highest BCUT2D eigenvalue weighted by atomic mass is 16.5. The van der Waals surface area contributed by atoms with Gasteiger partial charge in [-0.25, -0.2) is 4.79 Å². The van der Waals surface area contributed by atoms with Crippen molar-refractivity contribution in [3.63, 3.8) is 0 Å². The zero-order chi connectivity index (χ0) is 21.5. The summed E-state index contributed by atoms with van der Waals surface area (Å²) in [4.78, 5) is 38.3. The van der Waals surface area contributed by atoms with E-state index in [-0.39, 0.29) is 30.4 Å². The molecule has 1 aliphatic heterocycles. The van der Waals surface area contributed by atoms with Crippen LogP contribution in [0, 0.1) is 11.8 Å². The highest BCUT2D eigenvalue weighted by Gasteiger charge is 2.41. The van der Waals surface area contributed by atoms with E-state index in [1.807, 2.05) is 4.90 Å². The van der Waals surface area contributed by atoms with E-state index in [2.05, 4.69) is 10.1 Å². The molecule has 3 rings (SSSR count). The van der Waals surface area contributed by atoms with Crippen molar-refractivity contribution in [1.82, 2.24) is 10.2 Å². The van der Waals surface area contributed by atoms with Crippen LogP contribution in [-0.2, 0) is 25.6 Å². The summed E-state index contributed by atoms with van der Waals surface area (Å²) < 4.78 is 9.69. The smallest absolute Gasteiger partial charge is 0.337 e. The molecule has 0 aromatic heterocycles. The topological polar surface area (TPSA) is 84.9 Å². The van der Waals surface area contributed by atoms with E-state index in [9.17, 15) is 14.4 Å². The van der Waals surface area contributed by atoms with Crippen molar-refractivity contribution in [3.8, 4) is 0 Å². The number of benzene rings is 1. The summed E-state index contributed by atoms with van der Waals surface area (Å²) in [6.45, 7) is 1.32. The van der Waals surface area contributed by atoms with Gasteiger partial charge in [-0.3, -0.25) is 14.5 Å². The molecule has 0 spiro atoms. The maximum Gasteiger partial charge on any atom is 0.337 e. The van der Waals surface area contributed by atoms with Crippen LogP contribution in [-0.4, -0.2) is 56.1 Å². The van der Waals surface area contributed by atoms with Crippen LogP contribution in [0.2, 0.25) is 0 Å². The predicted molar refractivity (Wildman–Crippen MR) is 112 cm³/mol. The van der Waals surface area contributed by atoms with E-state index in [1.54, 1.807) is 24.3 Å². The summed E-state index contributed by atoms with van der Waals surface area (Å²) in [7, 11) is 2.75. The second-order valence-corrected chi connectivity index (χ2v) is 8.33. The quantitative estimate of drug-likeness (QED) is 0.688. The molecule has 0 radical (unpaired) electrons. The van der Waals surface area contributed by atoms with Gasteiger partial charge in [0, 0.05) is 13.1 Å². The van der Waals surface area contributed by atoms with Gasteiger partial charge in [-0.1, -0.05) is 44.2 Å². The van der Waals surface area contributed by atoms with Crippen LogP contribution in [0.5, 0.6) is 0 Å². The molecule has 30 heavy (non-hydrogen) atoms. The average molecular weight is 417 g/mol. The van der Waals surface area contributed by atoms with Crippen LogP contribution in [0.4, 0.5) is 0 Å². The fourth-order valence-electron chi connectivity index (χ4n) is 4.76. The fraction of sp³-hybridized carbons (Fsp3) is 0.609. The van der Waals surface area contributed by atoms with Crippen LogP contribution in [0.25, 0.3) is 0 Å². The summed E-state index contributed by atoms with van der Waals surface area (Å²) in [5.41, 5.74) is 1.36.